The van der Waals surface area contributed by atoms with Gasteiger partial charge in [-0.05, 0) is 19.4 Å². The number of carbonyl (C=O) groups excluding carboxylic acids is 1. The highest BCUT2D eigenvalue weighted by atomic mass is 16.1. The summed E-state index contributed by atoms with van der Waals surface area (Å²) < 4.78 is 0. The lowest BCUT2D eigenvalue weighted by molar-refractivity contribution is -0.121. The maximum Gasteiger partial charge on any atom is 0.219 e. The predicted octanol–water partition coefficient (Wildman–Crippen LogP) is 3.33. The van der Waals surface area contributed by atoms with Gasteiger partial charge in [-0.1, -0.05) is 71.1 Å². The number of amides is 1. The number of carbonyl (C=O) groups is 1. The quantitative estimate of drug-likeness (QED) is 0.455. The molecule has 0 heterocycles. The lowest BCUT2D eigenvalue weighted by Crippen LogP contribution is -2.25. The number of unbranched alkanes of at least 4 members (excludes halogenated alkanes) is 10. The highest BCUT2D eigenvalue weighted by Gasteiger charge is 1.99. The largest absolute Gasteiger partial charge is 0.412 e. The number of nitrogens with two attached hydrogens (primary N) is 1. The molecule has 21 heavy (non-hydrogen) atoms. The third-order valence-corrected chi connectivity index (χ3v) is 3.71. The normalized spacial score (nSPS) is 10.2. The average Bonchev–Trinajstić information content (AvgIpc) is 2.45. The third kappa shape index (κ3) is 19.4. The van der Waals surface area contributed by atoms with Gasteiger partial charge in [-0.15, -0.1) is 0 Å². The zero-order valence-corrected chi connectivity index (χ0v) is 14.1. The summed E-state index contributed by atoms with van der Waals surface area (Å²) in [5, 5.41) is 2.90. The van der Waals surface area contributed by atoms with E-state index < -0.39 is 0 Å². The molecule has 0 aromatic rings. The molecular weight excluding hydrogens is 264 g/mol. The second-order valence-electron chi connectivity index (χ2n) is 5.78. The number of rotatable bonds is 15. The van der Waals surface area contributed by atoms with E-state index in [0.29, 0.717) is 13.0 Å². The molecule has 0 aliphatic heterocycles. The van der Waals surface area contributed by atoms with Gasteiger partial charge in [0, 0.05) is 13.0 Å². The van der Waals surface area contributed by atoms with Crippen molar-refractivity contribution in [2.24, 2.45) is 5.73 Å². The molecule has 0 aliphatic carbocycles. The molecule has 128 valence electrons. The van der Waals surface area contributed by atoms with Crippen molar-refractivity contribution in [3.8, 4) is 0 Å². The summed E-state index contributed by atoms with van der Waals surface area (Å²) in [6.45, 7) is 3.64. The van der Waals surface area contributed by atoms with Crippen molar-refractivity contribution in [2.45, 2.75) is 90.4 Å². The van der Waals surface area contributed by atoms with E-state index in [9.17, 15) is 4.79 Å². The minimum absolute atomic E-state index is 0. The van der Waals surface area contributed by atoms with Gasteiger partial charge in [-0.2, -0.15) is 0 Å². The topological polar surface area (TPSA) is 86.6 Å². The van der Waals surface area contributed by atoms with E-state index in [1.807, 2.05) is 0 Å². The van der Waals surface area contributed by atoms with Crippen LogP contribution in [-0.2, 0) is 4.79 Å². The van der Waals surface area contributed by atoms with Crippen LogP contribution in [-0.4, -0.2) is 24.5 Å². The Labute approximate surface area is 131 Å². The van der Waals surface area contributed by atoms with Crippen LogP contribution in [0.15, 0.2) is 0 Å². The molecule has 4 heteroatoms. The summed E-state index contributed by atoms with van der Waals surface area (Å²) in [4.78, 5) is 11.4. The second-order valence-corrected chi connectivity index (χ2v) is 5.78. The summed E-state index contributed by atoms with van der Waals surface area (Å²) >= 11 is 0. The fourth-order valence-electron chi connectivity index (χ4n) is 2.37. The molecule has 1 amide bonds. The standard InChI is InChI=1S/C17H36N2O.H2O/c1-2-3-4-5-6-7-8-9-10-11-12-14-17(20)19-16-13-15-18;/h2-16,18H2,1H3,(H,19,20);1H2. The van der Waals surface area contributed by atoms with Crippen molar-refractivity contribution < 1.29 is 10.3 Å². The molecule has 5 N–H and O–H groups in total. The molecule has 0 fully saturated rings. The molecule has 0 aromatic carbocycles. The lowest BCUT2D eigenvalue weighted by Gasteiger charge is -2.04. The fraction of sp³-hybridized carbons (Fsp3) is 0.941. The Kier molecular flexibility index (Phi) is 20.9. The fourth-order valence-corrected chi connectivity index (χ4v) is 2.37. The van der Waals surface area contributed by atoms with Crippen molar-refractivity contribution in [2.75, 3.05) is 13.1 Å². The van der Waals surface area contributed by atoms with Crippen molar-refractivity contribution in [1.82, 2.24) is 5.32 Å². The van der Waals surface area contributed by atoms with Gasteiger partial charge < -0.3 is 16.5 Å². The Morgan fingerprint density at radius 3 is 1.76 bits per heavy atom. The molecular formula is C17H38N2O2. The van der Waals surface area contributed by atoms with Crippen LogP contribution in [0.1, 0.15) is 90.4 Å². The molecule has 0 aliphatic rings. The SMILES string of the molecule is CCCCCCCCCCCCCC(=O)NCCCN.O. The van der Waals surface area contributed by atoms with Crippen molar-refractivity contribution in [3.05, 3.63) is 0 Å². The summed E-state index contributed by atoms with van der Waals surface area (Å²) in [7, 11) is 0. The van der Waals surface area contributed by atoms with Crippen LogP contribution in [0, 0.1) is 0 Å². The van der Waals surface area contributed by atoms with Crippen molar-refractivity contribution in [1.29, 1.82) is 0 Å². The maximum absolute atomic E-state index is 11.4. The van der Waals surface area contributed by atoms with E-state index >= 15 is 0 Å². The van der Waals surface area contributed by atoms with Crippen molar-refractivity contribution >= 4 is 5.91 Å². The van der Waals surface area contributed by atoms with Crippen LogP contribution in [0.5, 0.6) is 0 Å². The Balaban J connectivity index is 0. The van der Waals surface area contributed by atoms with Gasteiger partial charge >= 0.3 is 0 Å². The molecule has 0 unspecified atom stereocenters. The Hall–Kier alpha value is -0.610. The van der Waals surface area contributed by atoms with E-state index in [1.54, 1.807) is 0 Å². The predicted molar refractivity (Wildman–Crippen MR) is 91.4 cm³/mol. The first-order chi connectivity index (χ1) is 9.81. The molecule has 0 bridgehead atoms. The zero-order valence-electron chi connectivity index (χ0n) is 14.1. The second kappa shape index (κ2) is 19.4. The monoisotopic (exact) mass is 302 g/mol. The smallest absolute Gasteiger partial charge is 0.219 e. The van der Waals surface area contributed by atoms with Gasteiger partial charge in [0.1, 0.15) is 0 Å². The van der Waals surface area contributed by atoms with Gasteiger partial charge in [0.2, 0.25) is 5.91 Å². The van der Waals surface area contributed by atoms with Crippen LogP contribution < -0.4 is 11.1 Å². The maximum atomic E-state index is 11.4. The molecule has 0 radical (unpaired) electrons. The first-order valence-electron chi connectivity index (χ1n) is 8.78. The minimum Gasteiger partial charge on any atom is -0.412 e. The van der Waals surface area contributed by atoms with Crippen LogP contribution in [0.3, 0.4) is 0 Å². The van der Waals surface area contributed by atoms with Gasteiger partial charge in [0.05, 0.1) is 0 Å². The first-order valence-corrected chi connectivity index (χ1v) is 8.78. The molecule has 4 nitrogen and oxygen atoms in total. The zero-order chi connectivity index (χ0) is 14.9. The Morgan fingerprint density at radius 2 is 1.29 bits per heavy atom. The van der Waals surface area contributed by atoms with Crippen LogP contribution in [0.2, 0.25) is 0 Å². The van der Waals surface area contributed by atoms with E-state index in [4.69, 9.17) is 5.73 Å². The lowest BCUT2D eigenvalue weighted by atomic mass is 10.1. The van der Waals surface area contributed by atoms with E-state index in [-0.39, 0.29) is 11.4 Å². The third-order valence-electron chi connectivity index (χ3n) is 3.71. The van der Waals surface area contributed by atoms with Crippen LogP contribution in [0.25, 0.3) is 0 Å². The first kappa shape index (κ1) is 22.7. The molecule has 0 atom stereocenters. The highest BCUT2D eigenvalue weighted by Crippen LogP contribution is 2.11. The average molecular weight is 303 g/mol. The van der Waals surface area contributed by atoms with Gasteiger partial charge in [0.15, 0.2) is 0 Å². The highest BCUT2D eigenvalue weighted by molar-refractivity contribution is 5.75. The van der Waals surface area contributed by atoms with Crippen LogP contribution in [0.4, 0.5) is 0 Å². The van der Waals surface area contributed by atoms with E-state index in [0.717, 1.165) is 19.4 Å². The van der Waals surface area contributed by atoms with E-state index in [2.05, 4.69) is 12.2 Å². The Bertz CT molecular complexity index is 211. The summed E-state index contributed by atoms with van der Waals surface area (Å²) in [5.74, 6) is 0.189. The minimum atomic E-state index is 0. The summed E-state index contributed by atoms with van der Waals surface area (Å²) in [6.07, 6.45) is 16.1. The molecule has 0 rings (SSSR count). The molecule has 0 saturated heterocycles. The van der Waals surface area contributed by atoms with Crippen molar-refractivity contribution in [3.63, 3.8) is 0 Å². The number of hydrogen-bond donors (Lipinski definition) is 2. The van der Waals surface area contributed by atoms with Crippen LogP contribution >= 0.6 is 0 Å². The molecule has 0 saturated carbocycles. The van der Waals surface area contributed by atoms with E-state index in [1.165, 1.54) is 64.2 Å². The number of nitrogens with one attached hydrogen (secondary N) is 1. The molecule has 0 spiro atoms. The van der Waals surface area contributed by atoms with Gasteiger partial charge in [0.25, 0.3) is 0 Å². The van der Waals surface area contributed by atoms with Gasteiger partial charge in [-0.25, -0.2) is 0 Å². The van der Waals surface area contributed by atoms with Gasteiger partial charge in [-0.3, -0.25) is 4.79 Å². The molecule has 0 aromatic heterocycles. The summed E-state index contributed by atoms with van der Waals surface area (Å²) in [6, 6.07) is 0. The number of hydrogen-bond acceptors (Lipinski definition) is 2. The summed E-state index contributed by atoms with van der Waals surface area (Å²) in [5.41, 5.74) is 5.38. The Morgan fingerprint density at radius 1 is 0.810 bits per heavy atom.